The molecule has 18 heavy (non-hydrogen) atoms. The van der Waals surface area contributed by atoms with Gasteiger partial charge in [-0.1, -0.05) is 6.92 Å². The van der Waals surface area contributed by atoms with E-state index in [0.717, 1.165) is 51.4 Å². The summed E-state index contributed by atoms with van der Waals surface area (Å²) < 4.78 is 5.24. The van der Waals surface area contributed by atoms with E-state index in [2.05, 4.69) is 16.7 Å². The molecule has 2 rings (SSSR count). The molecule has 1 aliphatic heterocycles. The fourth-order valence-electron chi connectivity index (χ4n) is 2.22. The van der Waals surface area contributed by atoms with Crippen LogP contribution in [0.15, 0.2) is 16.5 Å². The highest BCUT2D eigenvalue weighted by Crippen LogP contribution is 2.10. The Labute approximate surface area is 107 Å². The summed E-state index contributed by atoms with van der Waals surface area (Å²) in [5.74, 6) is -0.219. The van der Waals surface area contributed by atoms with Gasteiger partial charge in [0.05, 0.1) is 0 Å². The maximum atomic E-state index is 10.7. The molecule has 0 atom stereocenters. The van der Waals surface area contributed by atoms with Crippen LogP contribution in [0.5, 0.6) is 0 Å². The minimum absolute atomic E-state index is 0.0285. The number of piperazine rings is 1. The fraction of sp³-hybridized carbons (Fsp3) is 0.615. The maximum absolute atomic E-state index is 10.7. The van der Waals surface area contributed by atoms with Crippen LogP contribution in [0.25, 0.3) is 0 Å². The number of hydrogen-bond donors (Lipinski definition) is 1. The number of carbonyl (C=O) groups is 1. The first-order valence-corrected chi connectivity index (χ1v) is 6.45. The summed E-state index contributed by atoms with van der Waals surface area (Å²) in [4.78, 5) is 15.5. The van der Waals surface area contributed by atoms with Gasteiger partial charge in [0, 0.05) is 39.1 Å². The van der Waals surface area contributed by atoms with Gasteiger partial charge in [-0.15, -0.1) is 0 Å². The number of carboxylic acids is 1. The third-order valence-electron chi connectivity index (χ3n) is 3.46. The van der Waals surface area contributed by atoms with Gasteiger partial charge in [-0.05, 0) is 18.7 Å². The topological polar surface area (TPSA) is 56.9 Å². The summed E-state index contributed by atoms with van der Waals surface area (Å²) in [6.45, 7) is 8.65. The minimum atomic E-state index is -1.00. The van der Waals surface area contributed by atoms with Crippen molar-refractivity contribution in [2.75, 3.05) is 39.3 Å². The van der Waals surface area contributed by atoms with Crippen molar-refractivity contribution in [3.8, 4) is 0 Å². The van der Waals surface area contributed by atoms with Gasteiger partial charge in [-0.2, -0.15) is 0 Å². The Kier molecular flexibility index (Phi) is 4.38. The van der Waals surface area contributed by atoms with Crippen LogP contribution >= 0.6 is 0 Å². The third-order valence-corrected chi connectivity index (χ3v) is 3.46. The number of carboxylic acid groups (broad SMARTS) is 1. The Balaban J connectivity index is 1.76. The summed E-state index contributed by atoms with van der Waals surface area (Å²) in [5, 5.41) is 8.76. The van der Waals surface area contributed by atoms with Gasteiger partial charge >= 0.3 is 5.97 Å². The van der Waals surface area contributed by atoms with Crippen molar-refractivity contribution in [1.82, 2.24) is 9.80 Å². The van der Waals surface area contributed by atoms with Crippen LogP contribution in [0.1, 0.15) is 23.2 Å². The molecule has 1 aromatic heterocycles. The standard InChI is InChI=1S/C13H20N2O3/c1-2-14-7-9-15(10-8-14)6-5-11-3-4-12(18-11)13(16)17/h3-4H,2,5-10H2,1H3,(H,16,17). The van der Waals surface area contributed by atoms with Crippen molar-refractivity contribution in [3.63, 3.8) is 0 Å². The van der Waals surface area contributed by atoms with Crippen LogP contribution in [0.2, 0.25) is 0 Å². The summed E-state index contributed by atoms with van der Waals surface area (Å²) in [7, 11) is 0. The number of likely N-dealkylation sites (N-methyl/N-ethyl adjacent to an activating group) is 1. The van der Waals surface area contributed by atoms with Crippen molar-refractivity contribution in [2.24, 2.45) is 0 Å². The maximum Gasteiger partial charge on any atom is 0.371 e. The lowest BCUT2D eigenvalue weighted by molar-refractivity contribution is 0.0659. The molecule has 0 aromatic carbocycles. The Morgan fingerprint density at radius 2 is 1.94 bits per heavy atom. The zero-order chi connectivity index (χ0) is 13.0. The molecule has 0 spiro atoms. The zero-order valence-electron chi connectivity index (χ0n) is 10.8. The minimum Gasteiger partial charge on any atom is -0.475 e. The second-order valence-electron chi connectivity index (χ2n) is 4.60. The largest absolute Gasteiger partial charge is 0.475 e. The van der Waals surface area contributed by atoms with Crippen LogP contribution in [-0.4, -0.2) is 60.1 Å². The SMILES string of the molecule is CCN1CCN(CCc2ccc(C(=O)O)o2)CC1. The van der Waals surface area contributed by atoms with Crippen LogP contribution in [-0.2, 0) is 6.42 Å². The smallest absolute Gasteiger partial charge is 0.371 e. The molecular weight excluding hydrogens is 232 g/mol. The molecule has 0 amide bonds. The molecule has 5 nitrogen and oxygen atoms in total. The van der Waals surface area contributed by atoms with E-state index in [-0.39, 0.29) is 5.76 Å². The lowest BCUT2D eigenvalue weighted by atomic mass is 10.2. The van der Waals surface area contributed by atoms with E-state index < -0.39 is 5.97 Å². The zero-order valence-corrected chi connectivity index (χ0v) is 10.8. The van der Waals surface area contributed by atoms with Gasteiger partial charge in [-0.3, -0.25) is 0 Å². The van der Waals surface area contributed by atoms with Gasteiger partial charge in [0.15, 0.2) is 0 Å². The lowest BCUT2D eigenvalue weighted by Gasteiger charge is -2.33. The first kappa shape index (κ1) is 13.1. The van der Waals surface area contributed by atoms with E-state index in [1.165, 1.54) is 6.07 Å². The van der Waals surface area contributed by atoms with E-state index in [9.17, 15) is 4.79 Å². The summed E-state index contributed by atoms with van der Waals surface area (Å²) in [6, 6.07) is 3.28. The van der Waals surface area contributed by atoms with Gasteiger partial charge in [-0.25, -0.2) is 4.79 Å². The van der Waals surface area contributed by atoms with Crippen LogP contribution < -0.4 is 0 Å². The van der Waals surface area contributed by atoms with Crippen molar-refractivity contribution in [3.05, 3.63) is 23.7 Å². The predicted molar refractivity (Wildman–Crippen MR) is 67.9 cm³/mol. The van der Waals surface area contributed by atoms with Crippen molar-refractivity contribution >= 4 is 5.97 Å². The second kappa shape index (κ2) is 6.02. The first-order valence-electron chi connectivity index (χ1n) is 6.45. The molecule has 1 fully saturated rings. The van der Waals surface area contributed by atoms with E-state index in [4.69, 9.17) is 9.52 Å². The molecule has 2 heterocycles. The van der Waals surface area contributed by atoms with E-state index in [0.29, 0.717) is 0 Å². The summed E-state index contributed by atoms with van der Waals surface area (Å²) in [5.41, 5.74) is 0. The average molecular weight is 252 g/mol. The van der Waals surface area contributed by atoms with Gasteiger partial charge in [0.2, 0.25) is 5.76 Å². The molecule has 0 saturated carbocycles. The van der Waals surface area contributed by atoms with Crippen LogP contribution in [0.4, 0.5) is 0 Å². The Morgan fingerprint density at radius 1 is 1.28 bits per heavy atom. The molecule has 0 bridgehead atoms. The van der Waals surface area contributed by atoms with Crippen LogP contribution in [0.3, 0.4) is 0 Å². The highest BCUT2D eigenvalue weighted by atomic mass is 16.4. The molecule has 1 N–H and O–H groups in total. The van der Waals surface area contributed by atoms with E-state index in [1.54, 1.807) is 6.07 Å². The molecule has 0 aliphatic carbocycles. The van der Waals surface area contributed by atoms with Crippen LogP contribution in [0, 0.1) is 0 Å². The number of furan rings is 1. The molecular formula is C13H20N2O3. The van der Waals surface area contributed by atoms with Gasteiger partial charge in [0.25, 0.3) is 0 Å². The van der Waals surface area contributed by atoms with Gasteiger partial charge < -0.3 is 19.3 Å². The highest BCUT2D eigenvalue weighted by Gasteiger charge is 2.16. The average Bonchev–Trinajstić information content (AvgIpc) is 2.86. The Hall–Kier alpha value is -1.33. The number of hydrogen-bond acceptors (Lipinski definition) is 4. The summed E-state index contributed by atoms with van der Waals surface area (Å²) in [6.07, 6.45) is 0.777. The van der Waals surface area contributed by atoms with Crippen molar-refractivity contribution < 1.29 is 14.3 Å². The number of rotatable bonds is 5. The monoisotopic (exact) mass is 252 g/mol. The van der Waals surface area contributed by atoms with Crippen molar-refractivity contribution in [1.29, 1.82) is 0 Å². The number of nitrogens with zero attached hydrogens (tertiary/aromatic N) is 2. The van der Waals surface area contributed by atoms with Gasteiger partial charge in [0.1, 0.15) is 5.76 Å². The molecule has 1 aliphatic rings. The van der Waals surface area contributed by atoms with E-state index in [1.807, 2.05) is 0 Å². The van der Waals surface area contributed by atoms with Crippen molar-refractivity contribution in [2.45, 2.75) is 13.3 Å². The quantitative estimate of drug-likeness (QED) is 0.852. The van der Waals surface area contributed by atoms with E-state index >= 15 is 0 Å². The Morgan fingerprint density at radius 3 is 2.50 bits per heavy atom. The molecule has 5 heteroatoms. The molecule has 0 unspecified atom stereocenters. The fourth-order valence-corrected chi connectivity index (χ4v) is 2.22. The first-order chi connectivity index (χ1) is 8.69. The second-order valence-corrected chi connectivity index (χ2v) is 4.60. The highest BCUT2D eigenvalue weighted by molar-refractivity contribution is 5.84. The lowest BCUT2D eigenvalue weighted by Crippen LogP contribution is -2.46. The molecule has 1 saturated heterocycles. The third kappa shape index (κ3) is 3.34. The molecule has 0 radical (unpaired) electrons. The summed E-state index contributed by atoms with van der Waals surface area (Å²) >= 11 is 0. The predicted octanol–water partition coefficient (Wildman–Crippen LogP) is 1.16. The molecule has 1 aromatic rings. The normalized spacial score (nSPS) is 18.1. The Bertz CT molecular complexity index is 395. The number of aromatic carboxylic acids is 1. The molecule has 100 valence electrons.